The highest BCUT2D eigenvalue weighted by Gasteiger charge is 2.37. The van der Waals surface area contributed by atoms with E-state index < -0.39 is 36.1 Å². The van der Waals surface area contributed by atoms with Gasteiger partial charge in [0.1, 0.15) is 22.9 Å². The molecule has 1 aliphatic carbocycles. The second-order valence-corrected chi connectivity index (χ2v) is 7.48. The Kier molecular flexibility index (Phi) is 6.49. The molecule has 0 atom stereocenters. The lowest BCUT2D eigenvalue weighted by Crippen LogP contribution is -2.41. The standard InChI is InChI=1S/C20H20F5N5O3/c21-10-33-16-7-12(18(31)30-3-5-32-6-4-30)14(22)8-15(16)28-19-26-9-13(20(23,24)25)17(29-19)27-11-1-2-11/h7-9,11H,1-6,10H2,(H2,26,27,28,29). The molecule has 2 N–H and O–H groups in total. The molecule has 4 rings (SSSR count). The molecule has 0 unspecified atom stereocenters. The minimum atomic E-state index is -4.67. The van der Waals surface area contributed by atoms with Crippen LogP contribution in [0.5, 0.6) is 5.75 Å². The van der Waals surface area contributed by atoms with Crippen molar-refractivity contribution in [1.29, 1.82) is 0 Å². The van der Waals surface area contributed by atoms with Crippen LogP contribution in [0.25, 0.3) is 0 Å². The molecule has 0 bridgehead atoms. The number of anilines is 3. The second kappa shape index (κ2) is 9.33. The van der Waals surface area contributed by atoms with Gasteiger partial charge in [-0.15, -0.1) is 0 Å². The number of rotatable bonds is 7. The van der Waals surface area contributed by atoms with E-state index in [9.17, 15) is 26.7 Å². The van der Waals surface area contributed by atoms with E-state index in [0.29, 0.717) is 32.3 Å². The molecular weight excluding hydrogens is 453 g/mol. The molecule has 2 aliphatic rings. The molecule has 8 nitrogen and oxygen atoms in total. The van der Waals surface area contributed by atoms with E-state index in [4.69, 9.17) is 9.47 Å². The maximum absolute atomic E-state index is 14.8. The number of halogens is 5. The van der Waals surface area contributed by atoms with E-state index in [0.717, 1.165) is 12.1 Å². The Morgan fingerprint density at radius 3 is 2.61 bits per heavy atom. The first kappa shape index (κ1) is 23.0. The number of benzene rings is 1. The van der Waals surface area contributed by atoms with Crippen LogP contribution >= 0.6 is 0 Å². The third-order valence-electron chi connectivity index (χ3n) is 5.07. The molecule has 0 radical (unpaired) electrons. The third kappa shape index (κ3) is 5.41. The van der Waals surface area contributed by atoms with Crippen molar-refractivity contribution >= 4 is 23.4 Å². The molecule has 2 heterocycles. The average Bonchev–Trinajstić information content (AvgIpc) is 3.59. The Balaban J connectivity index is 1.63. The SMILES string of the molecule is O=C(c1cc(OCF)c(Nc2ncc(C(F)(F)F)c(NC3CC3)n2)cc1F)N1CCOCC1. The van der Waals surface area contributed by atoms with E-state index in [1.165, 1.54) is 4.90 Å². The van der Waals surface area contributed by atoms with Gasteiger partial charge in [-0.3, -0.25) is 4.79 Å². The largest absolute Gasteiger partial charge is 0.461 e. The van der Waals surface area contributed by atoms with Gasteiger partial charge < -0.3 is 25.0 Å². The van der Waals surface area contributed by atoms with Gasteiger partial charge in [-0.05, 0) is 18.9 Å². The van der Waals surface area contributed by atoms with Crippen molar-refractivity contribution in [2.75, 3.05) is 43.8 Å². The molecule has 2 fully saturated rings. The highest BCUT2D eigenvalue weighted by Crippen LogP contribution is 2.37. The minimum absolute atomic E-state index is 0.123. The Bertz CT molecular complexity index is 1030. The second-order valence-electron chi connectivity index (χ2n) is 7.48. The highest BCUT2D eigenvalue weighted by molar-refractivity contribution is 5.96. The molecule has 0 spiro atoms. The molecular formula is C20H20F5N5O3. The minimum Gasteiger partial charge on any atom is -0.461 e. The van der Waals surface area contributed by atoms with Crippen molar-refractivity contribution in [3.63, 3.8) is 0 Å². The summed E-state index contributed by atoms with van der Waals surface area (Å²) in [6.07, 6.45) is -2.65. The quantitative estimate of drug-likeness (QED) is 0.593. The summed E-state index contributed by atoms with van der Waals surface area (Å²) in [6.45, 7) is -0.123. The summed E-state index contributed by atoms with van der Waals surface area (Å²) in [6, 6.07) is 1.79. The summed E-state index contributed by atoms with van der Waals surface area (Å²) in [7, 11) is 0. The number of alkyl halides is 4. The summed E-state index contributed by atoms with van der Waals surface area (Å²) in [4.78, 5) is 21.6. The van der Waals surface area contributed by atoms with Crippen LogP contribution in [-0.2, 0) is 10.9 Å². The number of morpholine rings is 1. The Morgan fingerprint density at radius 1 is 1.24 bits per heavy atom. The van der Waals surface area contributed by atoms with Crippen LogP contribution in [0.1, 0.15) is 28.8 Å². The summed E-state index contributed by atoms with van der Waals surface area (Å²) in [5.74, 6) is -2.48. The predicted molar refractivity (Wildman–Crippen MR) is 107 cm³/mol. The van der Waals surface area contributed by atoms with E-state index >= 15 is 0 Å². The van der Waals surface area contributed by atoms with Gasteiger partial charge in [0.2, 0.25) is 12.8 Å². The van der Waals surface area contributed by atoms with Crippen LogP contribution in [0.2, 0.25) is 0 Å². The first-order valence-corrected chi connectivity index (χ1v) is 10.1. The number of hydrogen-bond donors (Lipinski definition) is 2. The summed E-state index contributed by atoms with van der Waals surface area (Å²) in [5, 5.41) is 5.24. The monoisotopic (exact) mass is 473 g/mol. The van der Waals surface area contributed by atoms with Gasteiger partial charge in [-0.1, -0.05) is 0 Å². The molecule has 33 heavy (non-hydrogen) atoms. The zero-order valence-electron chi connectivity index (χ0n) is 17.2. The number of carbonyl (C=O) groups excluding carboxylic acids is 1. The van der Waals surface area contributed by atoms with Crippen molar-refractivity contribution in [3.8, 4) is 5.75 Å². The molecule has 13 heteroatoms. The molecule has 1 aliphatic heterocycles. The van der Waals surface area contributed by atoms with E-state index in [1.807, 2.05) is 0 Å². The van der Waals surface area contributed by atoms with Gasteiger partial charge in [0, 0.05) is 31.4 Å². The van der Waals surface area contributed by atoms with Crippen molar-refractivity contribution in [2.24, 2.45) is 0 Å². The molecule has 1 aromatic heterocycles. The van der Waals surface area contributed by atoms with Crippen LogP contribution in [0.3, 0.4) is 0 Å². The Labute approximate surface area is 185 Å². The fraction of sp³-hybridized carbons (Fsp3) is 0.450. The number of aromatic nitrogens is 2. The highest BCUT2D eigenvalue weighted by atomic mass is 19.4. The normalized spacial score (nSPS) is 16.5. The number of amides is 1. The maximum atomic E-state index is 14.8. The first-order valence-electron chi connectivity index (χ1n) is 10.1. The Hall–Kier alpha value is -3.22. The van der Waals surface area contributed by atoms with Crippen LogP contribution < -0.4 is 15.4 Å². The van der Waals surface area contributed by atoms with Crippen molar-refractivity contribution < 1.29 is 36.2 Å². The van der Waals surface area contributed by atoms with Gasteiger partial charge in [-0.2, -0.15) is 18.2 Å². The zero-order chi connectivity index (χ0) is 23.6. The number of hydrogen-bond acceptors (Lipinski definition) is 7. The number of ether oxygens (including phenoxy) is 2. The van der Waals surface area contributed by atoms with Crippen LogP contribution in [0.4, 0.5) is 39.4 Å². The number of carbonyl (C=O) groups is 1. The van der Waals surface area contributed by atoms with Gasteiger partial charge in [0.15, 0.2) is 0 Å². The molecule has 1 saturated carbocycles. The van der Waals surface area contributed by atoms with E-state index in [2.05, 4.69) is 20.6 Å². The smallest absolute Gasteiger partial charge is 0.421 e. The lowest BCUT2D eigenvalue weighted by atomic mass is 10.1. The van der Waals surface area contributed by atoms with Crippen molar-refractivity contribution in [2.45, 2.75) is 25.1 Å². The lowest BCUT2D eigenvalue weighted by molar-refractivity contribution is -0.137. The maximum Gasteiger partial charge on any atom is 0.421 e. The molecule has 178 valence electrons. The van der Waals surface area contributed by atoms with Gasteiger partial charge in [0.25, 0.3) is 5.91 Å². The zero-order valence-corrected chi connectivity index (χ0v) is 17.2. The van der Waals surface area contributed by atoms with Gasteiger partial charge >= 0.3 is 6.18 Å². The van der Waals surface area contributed by atoms with Gasteiger partial charge in [-0.25, -0.2) is 13.8 Å². The van der Waals surface area contributed by atoms with Crippen molar-refractivity contribution in [3.05, 3.63) is 35.3 Å². The van der Waals surface area contributed by atoms with Crippen LogP contribution in [-0.4, -0.2) is 60.0 Å². The van der Waals surface area contributed by atoms with Crippen LogP contribution in [0, 0.1) is 5.82 Å². The number of nitrogens with zero attached hydrogens (tertiary/aromatic N) is 3. The molecule has 1 saturated heterocycles. The first-order chi connectivity index (χ1) is 15.8. The van der Waals surface area contributed by atoms with Crippen LogP contribution in [0.15, 0.2) is 18.3 Å². The fourth-order valence-corrected chi connectivity index (χ4v) is 3.23. The average molecular weight is 473 g/mol. The predicted octanol–water partition coefficient (Wildman–Crippen LogP) is 3.73. The third-order valence-corrected chi connectivity index (χ3v) is 5.07. The molecule has 2 aromatic rings. The van der Waals surface area contributed by atoms with Crippen molar-refractivity contribution in [1.82, 2.24) is 14.9 Å². The van der Waals surface area contributed by atoms with E-state index in [-0.39, 0.29) is 42.1 Å². The molecule has 1 amide bonds. The van der Waals surface area contributed by atoms with Gasteiger partial charge in [0.05, 0.1) is 24.5 Å². The Morgan fingerprint density at radius 2 is 1.97 bits per heavy atom. The summed E-state index contributed by atoms with van der Waals surface area (Å²) >= 11 is 0. The molecule has 1 aromatic carbocycles. The summed E-state index contributed by atoms with van der Waals surface area (Å²) in [5.41, 5.74) is -1.53. The fourth-order valence-electron chi connectivity index (χ4n) is 3.23. The topological polar surface area (TPSA) is 88.6 Å². The van der Waals surface area contributed by atoms with E-state index in [1.54, 1.807) is 0 Å². The summed E-state index contributed by atoms with van der Waals surface area (Å²) < 4.78 is 77.6. The number of nitrogens with one attached hydrogen (secondary N) is 2. The lowest BCUT2D eigenvalue weighted by Gasteiger charge is -2.27.